The smallest absolute Gasteiger partial charge is 0.348 e. The maximum Gasteiger partial charge on any atom is 0.350 e. The van der Waals surface area contributed by atoms with Crippen LogP contribution in [0.4, 0.5) is 0 Å². The summed E-state index contributed by atoms with van der Waals surface area (Å²) in [4.78, 5) is 24.5. The molecule has 0 saturated carbocycles. The lowest BCUT2D eigenvalue weighted by Crippen LogP contribution is -2.34. The van der Waals surface area contributed by atoms with Crippen LogP contribution < -0.4 is 11.0 Å². The van der Waals surface area contributed by atoms with Crippen molar-refractivity contribution in [1.29, 1.82) is 0 Å². The molecule has 7 heteroatoms. The monoisotopic (exact) mass is 342 g/mol. The summed E-state index contributed by atoms with van der Waals surface area (Å²) in [6, 6.07) is 10.9. The zero-order valence-corrected chi connectivity index (χ0v) is 13.5. The van der Waals surface area contributed by atoms with E-state index >= 15 is 0 Å². The van der Waals surface area contributed by atoms with E-state index in [0.29, 0.717) is 5.65 Å². The molecule has 1 N–H and O–H groups in total. The van der Waals surface area contributed by atoms with Gasteiger partial charge in [-0.05, 0) is 42.2 Å². The Balaban J connectivity index is 1.53. The number of nitrogens with one attached hydrogen (secondary N) is 1. The van der Waals surface area contributed by atoms with Crippen LogP contribution in [0.1, 0.15) is 23.6 Å². The highest BCUT2D eigenvalue weighted by atomic mass is 35.5. The van der Waals surface area contributed by atoms with Crippen LogP contribution >= 0.6 is 11.6 Å². The summed E-state index contributed by atoms with van der Waals surface area (Å²) in [5, 5.41) is 7.88. The summed E-state index contributed by atoms with van der Waals surface area (Å²) >= 11 is 6.20. The van der Waals surface area contributed by atoms with Gasteiger partial charge in [-0.3, -0.25) is 9.20 Å². The number of halogens is 1. The first-order chi connectivity index (χ1) is 11.6. The summed E-state index contributed by atoms with van der Waals surface area (Å²) in [6.07, 6.45) is 3.29. The van der Waals surface area contributed by atoms with Crippen LogP contribution in [0.5, 0.6) is 0 Å². The maximum absolute atomic E-state index is 12.3. The van der Waals surface area contributed by atoms with E-state index in [2.05, 4.69) is 10.4 Å². The molecule has 0 spiro atoms. The molecule has 1 aliphatic carbocycles. The Morgan fingerprint density at radius 3 is 3.00 bits per heavy atom. The fourth-order valence-corrected chi connectivity index (χ4v) is 3.48. The van der Waals surface area contributed by atoms with Gasteiger partial charge in [0.25, 0.3) is 0 Å². The van der Waals surface area contributed by atoms with Crippen molar-refractivity contribution < 1.29 is 4.79 Å². The van der Waals surface area contributed by atoms with E-state index in [-0.39, 0.29) is 24.2 Å². The molecule has 0 aliphatic heterocycles. The summed E-state index contributed by atoms with van der Waals surface area (Å²) < 4.78 is 2.59. The highest BCUT2D eigenvalue weighted by molar-refractivity contribution is 6.31. The Kier molecular flexibility index (Phi) is 3.61. The molecule has 24 heavy (non-hydrogen) atoms. The van der Waals surface area contributed by atoms with Gasteiger partial charge in [0.1, 0.15) is 6.54 Å². The van der Waals surface area contributed by atoms with Crippen molar-refractivity contribution in [2.45, 2.75) is 25.4 Å². The van der Waals surface area contributed by atoms with Gasteiger partial charge in [-0.15, -0.1) is 5.10 Å². The molecular formula is C17H15ClN4O2. The van der Waals surface area contributed by atoms with Crippen molar-refractivity contribution in [2.24, 2.45) is 0 Å². The van der Waals surface area contributed by atoms with Crippen LogP contribution in [0.3, 0.4) is 0 Å². The SMILES string of the molecule is O=C(Cn1nc2ccccn2c1=O)NC1CCc2c(Cl)cccc21. The van der Waals surface area contributed by atoms with E-state index in [1.54, 1.807) is 24.4 Å². The quantitative estimate of drug-likeness (QED) is 0.791. The predicted molar refractivity (Wildman–Crippen MR) is 90.1 cm³/mol. The van der Waals surface area contributed by atoms with Gasteiger partial charge in [-0.2, -0.15) is 0 Å². The summed E-state index contributed by atoms with van der Waals surface area (Å²) in [6.45, 7) is -0.104. The van der Waals surface area contributed by atoms with E-state index in [1.165, 1.54) is 9.08 Å². The van der Waals surface area contributed by atoms with Gasteiger partial charge in [0.05, 0.1) is 6.04 Å². The third-order valence-corrected chi connectivity index (χ3v) is 4.68. The van der Waals surface area contributed by atoms with Crippen molar-refractivity contribution in [3.05, 3.63) is 69.2 Å². The summed E-state index contributed by atoms with van der Waals surface area (Å²) in [5.41, 5.74) is 2.34. The molecule has 1 unspecified atom stereocenters. The molecule has 2 aromatic heterocycles. The van der Waals surface area contributed by atoms with Gasteiger partial charge in [-0.1, -0.05) is 29.8 Å². The molecule has 0 bridgehead atoms. The highest BCUT2D eigenvalue weighted by Gasteiger charge is 2.25. The number of benzene rings is 1. The number of rotatable bonds is 3. The van der Waals surface area contributed by atoms with Gasteiger partial charge in [0.2, 0.25) is 5.91 Å². The molecule has 4 rings (SSSR count). The Labute approximate surface area is 142 Å². The lowest BCUT2D eigenvalue weighted by Gasteiger charge is -2.14. The number of carbonyl (C=O) groups excluding carboxylic acids is 1. The summed E-state index contributed by atoms with van der Waals surface area (Å²) in [7, 11) is 0. The fourth-order valence-electron chi connectivity index (χ4n) is 3.21. The zero-order valence-electron chi connectivity index (χ0n) is 12.8. The molecular weight excluding hydrogens is 328 g/mol. The van der Waals surface area contributed by atoms with Gasteiger partial charge < -0.3 is 5.32 Å². The average molecular weight is 343 g/mol. The Morgan fingerprint density at radius 2 is 2.17 bits per heavy atom. The third-order valence-electron chi connectivity index (χ3n) is 4.33. The summed E-state index contributed by atoms with van der Waals surface area (Å²) in [5.74, 6) is -0.238. The normalized spacial score (nSPS) is 16.3. The van der Waals surface area contributed by atoms with Gasteiger partial charge in [-0.25, -0.2) is 9.48 Å². The topological polar surface area (TPSA) is 68.4 Å². The minimum absolute atomic E-state index is 0.0704. The standard InChI is InChI=1S/C17H15ClN4O2/c18-13-5-3-4-12-11(13)7-8-14(12)19-16(23)10-22-17(24)21-9-2-1-6-15(21)20-22/h1-6,9,14H,7-8,10H2,(H,19,23). The first-order valence-corrected chi connectivity index (χ1v) is 8.12. The van der Waals surface area contributed by atoms with Gasteiger partial charge in [0.15, 0.2) is 5.65 Å². The van der Waals surface area contributed by atoms with Crippen molar-refractivity contribution in [3.8, 4) is 0 Å². The maximum atomic E-state index is 12.3. The number of pyridine rings is 1. The Morgan fingerprint density at radius 1 is 1.29 bits per heavy atom. The molecule has 6 nitrogen and oxygen atoms in total. The molecule has 1 aliphatic rings. The minimum Gasteiger partial charge on any atom is -0.348 e. The van der Waals surface area contributed by atoms with Gasteiger partial charge in [0, 0.05) is 11.2 Å². The number of nitrogens with zero attached hydrogens (tertiary/aromatic N) is 3. The fraction of sp³-hybridized carbons (Fsp3) is 0.235. The molecule has 2 heterocycles. The van der Waals surface area contributed by atoms with Crippen LogP contribution in [0.2, 0.25) is 5.02 Å². The number of hydrogen-bond acceptors (Lipinski definition) is 3. The molecule has 1 aromatic carbocycles. The Hall–Kier alpha value is -2.60. The molecule has 1 amide bonds. The van der Waals surface area contributed by atoms with E-state index < -0.39 is 0 Å². The zero-order chi connectivity index (χ0) is 16.7. The van der Waals surface area contributed by atoms with E-state index in [4.69, 9.17) is 11.6 Å². The molecule has 1 atom stereocenters. The second-order valence-electron chi connectivity index (χ2n) is 5.84. The van der Waals surface area contributed by atoms with E-state index in [0.717, 1.165) is 29.0 Å². The third kappa shape index (κ3) is 2.49. The molecule has 0 saturated heterocycles. The van der Waals surface area contributed by atoms with Crippen molar-refractivity contribution in [3.63, 3.8) is 0 Å². The molecule has 0 fully saturated rings. The largest absolute Gasteiger partial charge is 0.350 e. The van der Waals surface area contributed by atoms with E-state index in [9.17, 15) is 9.59 Å². The van der Waals surface area contributed by atoms with Crippen LogP contribution in [-0.4, -0.2) is 20.1 Å². The number of hydrogen-bond donors (Lipinski definition) is 1. The Bertz CT molecular complexity index is 992. The second kappa shape index (κ2) is 5.79. The lowest BCUT2D eigenvalue weighted by molar-refractivity contribution is -0.122. The van der Waals surface area contributed by atoms with Crippen LogP contribution in [-0.2, 0) is 17.8 Å². The van der Waals surface area contributed by atoms with Gasteiger partial charge >= 0.3 is 5.69 Å². The first kappa shape index (κ1) is 15.0. The highest BCUT2D eigenvalue weighted by Crippen LogP contribution is 2.35. The van der Waals surface area contributed by atoms with Crippen molar-refractivity contribution in [1.82, 2.24) is 19.5 Å². The molecule has 0 radical (unpaired) electrons. The van der Waals surface area contributed by atoms with Crippen molar-refractivity contribution in [2.75, 3.05) is 0 Å². The van der Waals surface area contributed by atoms with Crippen LogP contribution in [0.25, 0.3) is 5.65 Å². The molecule has 3 aromatic rings. The minimum atomic E-state index is -0.324. The number of amides is 1. The predicted octanol–water partition coefficient (Wildman–Crippen LogP) is 1.95. The molecule has 122 valence electrons. The average Bonchev–Trinajstić information content (AvgIpc) is 3.11. The van der Waals surface area contributed by atoms with Crippen LogP contribution in [0.15, 0.2) is 47.4 Å². The van der Waals surface area contributed by atoms with E-state index in [1.807, 2.05) is 18.2 Å². The van der Waals surface area contributed by atoms with Crippen molar-refractivity contribution >= 4 is 23.2 Å². The van der Waals surface area contributed by atoms with Crippen LogP contribution in [0, 0.1) is 0 Å². The lowest BCUT2D eigenvalue weighted by atomic mass is 10.1. The number of carbonyl (C=O) groups is 1. The second-order valence-corrected chi connectivity index (χ2v) is 6.24. The number of fused-ring (bicyclic) bond motifs is 2. The first-order valence-electron chi connectivity index (χ1n) is 7.74. The number of aromatic nitrogens is 3.